The highest BCUT2D eigenvalue weighted by molar-refractivity contribution is 5.90. The Balaban J connectivity index is 1.85. The quantitative estimate of drug-likeness (QED) is 0.471. The first kappa shape index (κ1) is 15.6. The van der Waals surface area contributed by atoms with E-state index >= 15 is 0 Å². The van der Waals surface area contributed by atoms with Crippen LogP contribution in [0.3, 0.4) is 0 Å². The van der Waals surface area contributed by atoms with E-state index in [9.17, 15) is 0 Å². The lowest BCUT2D eigenvalue weighted by atomic mass is 9.89. The number of hydrogen-bond donors (Lipinski definition) is 0. The lowest BCUT2D eigenvalue weighted by molar-refractivity contribution is -0.138. The minimum absolute atomic E-state index is 0.0351. The van der Waals surface area contributed by atoms with Gasteiger partial charge < -0.3 is 9.47 Å². The van der Waals surface area contributed by atoms with Crippen LogP contribution >= 0.6 is 0 Å². The van der Waals surface area contributed by atoms with Crippen molar-refractivity contribution in [2.24, 2.45) is 0 Å². The molecule has 26 heavy (non-hydrogen) atoms. The Morgan fingerprint density at radius 2 is 1.19 bits per heavy atom. The first-order chi connectivity index (χ1) is 12.8. The van der Waals surface area contributed by atoms with Crippen LogP contribution in [0, 0.1) is 0 Å². The van der Waals surface area contributed by atoms with Crippen LogP contribution in [0.4, 0.5) is 0 Å². The average Bonchev–Trinajstić information content (AvgIpc) is 3.09. The van der Waals surface area contributed by atoms with E-state index in [0.717, 1.165) is 21.9 Å². The second kappa shape index (κ2) is 5.94. The second-order valence-corrected chi connectivity index (χ2v) is 6.91. The molecule has 1 aliphatic rings. The van der Waals surface area contributed by atoms with E-state index in [1.807, 2.05) is 0 Å². The van der Waals surface area contributed by atoms with Crippen molar-refractivity contribution >= 4 is 21.5 Å². The minimum Gasteiger partial charge on any atom is -0.339 e. The number of hydrogen-bond acceptors (Lipinski definition) is 2. The SMILES string of the molecule is C[C@H]1COC(c2cccc3ccccc23)(c2cccc3ccccc23)O1. The van der Waals surface area contributed by atoms with Crippen molar-refractivity contribution in [1.82, 2.24) is 0 Å². The molecule has 0 unspecified atom stereocenters. The van der Waals surface area contributed by atoms with E-state index in [2.05, 4.69) is 91.9 Å². The van der Waals surface area contributed by atoms with Crippen molar-refractivity contribution in [2.75, 3.05) is 6.61 Å². The smallest absolute Gasteiger partial charge is 0.223 e. The number of ether oxygens (including phenoxy) is 2. The molecule has 0 saturated carbocycles. The van der Waals surface area contributed by atoms with Crippen LogP contribution in [0.1, 0.15) is 18.1 Å². The first-order valence-electron chi connectivity index (χ1n) is 9.06. The van der Waals surface area contributed by atoms with Gasteiger partial charge in [0.2, 0.25) is 5.79 Å². The molecule has 128 valence electrons. The minimum atomic E-state index is -0.888. The summed E-state index contributed by atoms with van der Waals surface area (Å²) < 4.78 is 12.9. The molecule has 1 aliphatic heterocycles. The molecule has 0 aliphatic carbocycles. The summed E-state index contributed by atoms with van der Waals surface area (Å²) in [6.45, 7) is 2.64. The topological polar surface area (TPSA) is 18.5 Å². The number of benzene rings is 4. The summed E-state index contributed by atoms with van der Waals surface area (Å²) in [5, 5.41) is 4.71. The Morgan fingerprint density at radius 1 is 0.692 bits per heavy atom. The number of rotatable bonds is 2. The predicted octanol–water partition coefficient (Wildman–Crippen LogP) is 5.63. The fourth-order valence-corrected chi connectivity index (χ4v) is 4.04. The molecule has 5 rings (SSSR count). The molecule has 2 heteroatoms. The lowest BCUT2D eigenvalue weighted by Gasteiger charge is -2.31. The van der Waals surface area contributed by atoms with Gasteiger partial charge >= 0.3 is 0 Å². The number of fused-ring (bicyclic) bond motifs is 2. The fourth-order valence-electron chi connectivity index (χ4n) is 4.04. The molecule has 2 nitrogen and oxygen atoms in total. The summed E-state index contributed by atoms with van der Waals surface area (Å²) in [6, 6.07) is 29.5. The first-order valence-corrected chi connectivity index (χ1v) is 9.06. The highest BCUT2D eigenvalue weighted by atomic mass is 16.7. The van der Waals surface area contributed by atoms with Crippen LogP contribution in [0.2, 0.25) is 0 Å². The van der Waals surface area contributed by atoms with E-state index in [0.29, 0.717) is 6.61 Å². The molecule has 0 bridgehead atoms. The van der Waals surface area contributed by atoms with Gasteiger partial charge in [-0.2, -0.15) is 0 Å². The Morgan fingerprint density at radius 3 is 1.69 bits per heavy atom. The van der Waals surface area contributed by atoms with Crippen LogP contribution in [-0.4, -0.2) is 12.7 Å². The summed E-state index contributed by atoms with van der Waals surface area (Å²) in [7, 11) is 0. The van der Waals surface area contributed by atoms with Gasteiger partial charge in [-0.25, -0.2) is 0 Å². The highest BCUT2D eigenvalue weighted by Crippen LogP contribution is 2.45. The Labute approximate surface area is 153 Å². The lowest BCUT2D eigenvalue weighted by Crippen LogP contribution is -2.30. The van der Waals surface area contributed by atoms with E-state index < -0.39 is 5.79 Å². The predicted molar refractivity (Wildman–Crippen MR) is 105 cm³/mol. The molecule has 0 spiro atoms. The third kappa shape index (κ3) is 2.27. The summed E-state index contributed by atoms with van der Waals surface area (Å²) in [5.41, 5.74) is 2.13. The molecule has 1 saturated heterocycles. The monoisotopic (exact) mass is 340 g/mol. The fraction of sp³-hybridized carbons (Fsp3) is 0.167. The van der Waals surface area contributed by atoms with Crippen LogP contribution in [0.15, 0.2) is 84.9 Å². The third-order valence-electron chi connectivity index (χ3n) is 5.18. The molecule has 4 aromatic carbocycles. The molecule has 1 atom stereocenters. The van der Waals surface area contributed by atoms with Gasteiger partial charge in [0.25, 0.3) is 0 Å². The Hall–Kier alpha value is -2.68. The maximum Gasteiger partial charge on any atom is 0.223 e. The van der Waals surface area contributed by atoms with Gasteiger partial charge in [0.15, 0.2) is 0 Å². The average molecular weight is 340 g/mol. The van der Waals surface area contributed by atoms with Gasteiger partial charge in [0.1, 0.15) is 0 Å². The van der Waals surface area contributed by atoms with Gasteiger partial charge in [-0.1, -0.05) is 84.9 Å². The third-order valence-corrected chi connectivity index (χ3v) is 5.18. The zero-order valence-corrected chi connectivity index (χ0v) is 14.7. The maximum atomic E-state index is 6.52. The molecule has 4 aromatic rings. The van der Waals surface area contributed by atoms with E-state index in [1.54, 1.807) is 0 Å². The summed E-state index contributed by atoms with van der Waals surface area (Å²) >= 11 is 0. The normalized spacial score (nSPS) is 19.2. The van der Waals surface area contributed by atoms with Crippen LogP contribution < -0.4 is 0 Å². The van der Waals surface area contributed by atoms with Crippen LogP contribution in [0.25, 0.3) is 21.5 Å². The van der Waals surface area contributed by atoms with Gasteiger partial charge in [-0.15, -0.1) is 0 Å². The van der Waals surface area contributed by atoms with Crippen molar-refractivity contribution < 1.29 is 9.47 Å². The molecule has 1 fully saturated rings. The second-order valence-electron chi connectivity index (χ2n) is 6.91. The zero-order valence-electron chi connectivity index (χ0n) is 14.7. The zero-order chi connectivity index (χ0) is 17.6. The Kier molecular flexibility index (Phi) is 3.56. The van der Waals surface area contributed by atoms with Crippen LogP contribution in [0.5, 0.6) is 0 Å². The van der Waals surface area contributed by atoms with E-state index in [-0.39, 0.29) is 6.10 Å². The molecule has 0 radical (unpaired) electrons. The molecular formula is C24H20O2. The highest BCUT2D eigenvalue weighted by Gasteiger charge is 2.45. The molecule has 0 amide bonds. The largest absolute Gasteiger partial charge is 0.339 e. The van der Waals surface area contributed by atoms with E-state index in [1.165, 1.54) is 10.8 Å². The molecule has 0 aromatic heterocycles. The summed E-state index contributed by atoms with van der Waals surface area (Å²) in [6.07, 6.45) is 0.0351. The summed E-state index contributed by atoms with van der Waals surface area (Å²) in [4.78, 5) is 0. The van der Waals surface area contributed by atoms with Crippen molar-refractivity contribution in [3.63, 3.8) is 0 Å². The van der Waals surface area contributed by atoms with Crippen molar-refractivity contribution in [3.05, 3.63) is 96.1 Å². The molecular weight excluding hydrogens is 320 g/mol. The van der Waals surface area contributed by atoms with Gasteiger partial charge in [0, 0.05) is 11.1 Å². The van der Waals surface area contributed by atoms with Gasteiger partial charge in [-0.05, 0) is 28.5 Å². The van der Waals surface area contributed by atoms with E-state index in [4.69, 9.17) is 9.47 Å². The standard InChI is InChI=1S/C24H20O2/c1-17-16-25-24(26-17,22-14-6-10-18-8-2-4-12-20(18)22)23-15-7-11-19-9-3-5-13-21(19)23/h2-15,17H,16H2,1H3/t17-/m0/s1. The summed E-state index contributed by atoms with van der Waals surface area (Å²) in [5.74, 6) is -0.888. The van der Waals surface area contributed by atoms with Gasteiger partial charge in [0.05, 0.1) is 12.7 Å². The van der Waals surface area contributed by atoms with Gasteiger partial charge in [-0.3, -0.25) is 0 Å². The van der Waals surface area contributed by atoms with Crippen LogP contribution in [-0.2, 0) is 15.3 Å². The molecule has 1 heterocycles. The molecule has 0 N–H and O–H groups in total. The Bertz CT molecular complexity index is 1010. The van der Waals surface area contributed by atoms with Crippen molar-refractivity contribution in [2.45, 2.75) is 18.8 Å². The van der Waals surface area contributed by atoms with Crippen molar-refractivity contribution in [1.29, 1.82) is 0 Å². The van der Waals surface area contributed by atoms with Crippen molar-refractivity contribution in [3.8, 4) is 0 Å². The maximum absolute atomic E-state index is 6.52.